The first-order valence-corrected chi connectivity index (χ1v) is 10.6. The number of benzene rings is 3. The number of hydrogen-bond donors (Lipinski definition) is 5. The van der Waals surface area contributed by atoms with Gasteiger partial charge in [0.25, 0.3) is 0 Å². The summed E-state index contributed by atoms with van der Waals surface area (Å²) in [6.45, 7) is 3.87. The second-order valence-corrected chi connectivity index (χ2v) is 8.95. The Bertz CT molecular complexity index is 1280. The maximum Gasteiger partial charge on any atom is 0.336 e. The van der Waals surface area contributed by atoms with Crippen LogP contribution in [0.3, 0.4) is 0 Å². The SMILES string of the molecule is CC1(C)c2ccc(C(=O)O)c3c2C(=C[C@@H]1O)N(c1ccc(O)cc1)C3Nc1ccc(O)cc1. The zero-order valence-electron chi connectivity index (χ0n) is 18.1. The molecule has 0 bridgehead atoms. The number of hydrogen-bond acceptors (Lipinski definition) is 6. The van der Waals surface area contributed by atoms with Crippen molar-refractivity contribution in [2.75, 3.05) is 10.2 Å². The summed E-state index contributed by atoms with van der Waals surface area (Å²) in [5.41, 5.74) is 3.93. The molecule has 33 heavy (non-hydrogen) atoms. The van der Waals surface area contributed by atoms with Gasteiger partial charge in [-0.3, -0.25) is 0 Å². The van der Waals surface area contributed by atoms with Gasteiger partial charge in [0.2, 0.25) is 0 Å². The number of phenols is 2. The summed E-state index contributed by atoms with van der Waals surface area (Å²) in [4.78, 5) is 14.2. The van der Waals surface area contributed by atoms with E-state index in [4.69, 9.17) is 0 Å². The maximum atomic E-state index is 12.3. The van der Waals surface area contributed by atoms with Crippen LogP contribution in [0.2, 0.25) is 0 Å². The Morgan fingerprint density at radius 1 is 0.939 bits per heavy atom. The average Bonchev–Trinajstić information content (AvgIpc) is 3.08. The van der Waals surface area contributed by atoms with Gasteiger partial charge in [-0.05, 0) is 66.2 Å². The van der Waals surface area contributed by atoms with Gasteiger partial charge in [-0.15, -0.1) is 0 Å². The molecule has 0 spiro atoms. The third kappa shape index (κ3) is 3.20. The molecule has 1 heterocycles. The number of carbonyl (C=O) groups is 1. The van der Waals surface area contributed by atoms with Crippen LogP contribution in [0, 0.1) is 0 Å². The summed E-state index contributed by atoms with van der Waals surface area (Å²) in [6.07, 6.45) is 0.381. The van der Waals surface area contributed by atoms with E-state index in [-0.39, 0.29) is 17.1 Å². The van der Waals surface area contributed by atoms with Crippen molar-refractivity contribution in [1.29, 1.82) is 0 Å². The van der Waals surface area contributed by atoms with Gasteiger partial charge in [0.05, 0.1) is 11.7 Å². The molecule has 3 aromatic carbocycles. The summed E-state index contributed by atoms with van der Waals surface area (Å²) < 4.78 is 0. The molecule has 0 radical (unpaired) electrons. The van der Waals surface area contributed by atoms with Crippen molar-refractivity contribution in [2.45, 2.75) is 31.5 Å². The third-order valence-electron chi connectivity index (χ3n) is 6.57. The Labute approximate surface area is 190 Å². The number of aromatic carboxylic acids is 1. The highest BCUT2D eigenvalue weighted by molar-refractivity contribution is 5.99. The fourth-order valence-corrected chi connectivity index (χ4v) is 4.73. The van der Waals surface area contributed by atoms with E-state index in [2.05, 4.69) is 5.32 Å². The van der Waals surface area contributed by atoms with E-state index in [9.17, 15) is 25.2 Å². The predicted octanol–water partition coefficient (Wildman–Crippen LogP) is 4.42. The van der Waals surface area contributed by atoms with Gasteiger partial charge >= 0.3 is 5.97 Å². The van der Waals surface area contributed by atoms with Crippen LogP contribution in [0.15, 0.2) is 66.7 Å². The Morgan fingerprint density at radius 2 is 1.55 bits per heavy atom. The van der Waals surface area contributed by atoms with Gasteiger partial charge in [-0.2, -0.15) is 0 Å². The minimum Gasteiger partial charge on any atom is -0.508 e. The van der Waals surface area contributed by atoms with Crippen molar-refractivity contribution in [3.05, 3.63) is 89.0 Å². The molecule has 5 rings (SSSR count). The van der Waals surface area contributed by atoms with Crippen molar-refractivity contribution in [2.24, 2.45) is 0 Å². The van der Waals surface area contributed by atoms with Gasteiger partial charge in [-0.1, -0.05) is 19.9 Å². The number of phenolic OH excluding ortho intramolecular Hbond substituents is 2. The van der Waals surface area contributed by atoms with E-state index >= 15 is 0 Å². The first-order chi connectivity index (χ1) is 15.7. The molecule has 7 nitrogen and oxygen atoms in total. The van der Waals surface area contributed by atoms with E-state index in [0.29, 0.717) is 16.9 Å². The van der Waals surface area contributed by atoms with Crippen molar-refractivity contribution >= 4 is 23.0 Å². The Kier molecular flexibility index (Phi) is 4.61. The van der Waals surface area contributed by atoms with E-state index in [1.54, 1.807) is 66.7 Å². The van der Waals surface area contributed by atoms with Crippen molar-refractivity contribution < 1.29 is 25.2 Å². The highest BCUT2D eigenvalue weighted by Gasteiger charge is 2.46. The molecule has 0 aromatic heterocycles. The maximum absolute atomic E-state index is 12.3. The molecular weight excluding hydrogens is 420 g/mol. The van der Waals surface area contributed by atoms with Crippen LogP contribution in [-0.4, -0.2) is 32.5 Å². The monoisotopic (exact) mass is 444 g/mol. The zero-order chi connectivity index (χ0) is 23.5. The lowest BCUT2D eigenvalue weighted by Crippen LogP contribution is -2.37. The number of nitrogens with one attached hydrogen (secondary N) is 1. The largest absolute Gasteiger partial charge is 0.508 e. The molecule has 2 atom stereocenters. The van der Waals surface area contributed by atoms with Gasteiger partial charge in [0, 0.05) is 33.6 Å². The van der Waals surface area contributed by atoms with E-state index in [1.165, 1.54) is 0 Å². The van der Waals surface area contributed by atoms with Crippen molar-refractivity contribution in [3.63, 3.8) is 0 Å². The highest BCUT2D eigenvalue weighted by Crippen LogP contribution is 2.53. The predicted molar refractivity (Wildman–Crippen MR) is 125 cm³/mol. The molecule has 3 aromatic rings. The van der Waals surface area contributed by atoms with E-state index < -0.39 is 23.7 Å². The molecule has 1 unspecified atom stereocenters. The summed E-state index contributed by atoms with van der Waals surface area (Å²) in [5, 5.41) is 43.9. The summed E-state index contributed by atoms with van der Waals surface area (Å²) in [7, 11) is 0. The lowest BCUT2D eigenvalue weighted by molar-refractivity contribution is 0.0695. The number of rotatable bonds is 4. The number of aliphatic hydroxyl groups is 1. The Hall–Kier alpha value is -3.97. The lowest BCUT2D eigenvalue weighted by atomic mass is 9.72. The normalized spacial score (nSPS) is 20.2. The number of nitrogens with zero attached hydrogens (tertiary/aromatic N) is 1. The van der Waals surface area contributed by atoms with Crippen molar-refractivity contribution in [3.8, 4) is 11.5 Å². The molecule has 1 aliphatic carbocycles. The molecule has 5 N–H and O–H groups in total. The average molecular weight is 444 g/mol. The first-order valence-electron chi connectivity index (χ1n) is 10.6. The highest BCUT2D eigenvalue weighted by atomic mass is 16.4. The van der Waals surface area contributed by atoms with Gasteiger partial charge < -0.3 is 30.6 Å². The number of anilines is 2. The minimum atomic E-state index is -1.04. The molecule has 0 saturated carbocycles. The van der Waals surface area contributed by atoms with Gasteiger partial charge in [-0.25, -0.2) is 4.79 Å². The molecule has 0 saturated heterocycles. The smallest absolute Gasteiger partial charge is 0.336 e. The molecule has 0 amide bonds. The topological polar surface area (TPSA) is 113 Å². The molecule has 2 aliphatic rings. The number of carboxylic acid groups (broad SMARTS) is 1. The second kappa shape index (κ2) is 7.28. The zero-order valence-corrected chi connectivity index (χ0v) is 18.1. The fourth-order valence-electron chi connectivity index (χ4n) is 4.73. The Morgan fingerprint density at radius 3 is 2.15 bits per heavy atom. The van der Waals surface area contributed by atoms with Crippen molar-refractivity contribution in [1.82, 2.24) is 0 Å². The van der Waals surface area contributed by atoms with Crippen LogP contribution in [-0.2, 0) is 5.41 Å². The van der Waals surface area contributed by atoms with Crippen LogP contribution in [0.4, 0.5) is 11.4 Å². The molecule has 7 heteroatoms. The van der Waals surface area contributed by atoms with Crippen LogP contribution in [0.1, 0.15) is 47.1 Å². The standard InChI is InChI=1S/C26H24N2O5/c1-26(2)19-12-11-18(25(32)33)22-23(19)20(13-21(26)31)28(15-5-9-17(30)10-6-15)24(22)27-14-3-7-16(29)8-4-14/h3-13,21,24,27,29-31H,1-2H3,(H,32,33)/t21-,24?/m0/s1. The summed E-state index contributed by atoms with van der Waals surface area (Å²) in [5.74, 6) is -0.801. The van der Waals surface area contributed by atoms with Crippen LogP contribution in [0.5, 0.6) is 11.5 Å². The fraction of sp³-hybridized carbons (Fsp3) is 0.192. The van der Waals surface area contributed by atoms with E-state index in [1.807, 2.05) is 18.7 Å². The van der Waals surface area contributed by atoms with E-state index in [0.717, 1.165) is 16.8 Å². The molecule has 1 aliphatic heterocycles. The lowest BCUT2D eigenvalue weighted by Gasteiger charge is -2.37. The summed E-state index contributed by atoms with van der Waals surface area (Å²) >= 11 is 0. The number of carboxylic acids is 1. The second-order valence-electron chi connectivity index (χ2n) is 8.95. The minimum absolute atomic E-state index is 0.115. The number of aromatic hydroxyl groups is 2. The Balaban J connectivity index is 1.78. The van der Waals surface area contributed by atoms with Crippen LogP contribution < -0.4 is 10.2 Å². The molecular formula is C26H24N2O5. The first kappa shape index (κ1) is 20.9. The van der Waals surface area contributed by atoms with Crippen LogP contribution in [0.25, 0.3) is 5.70 Å². The quantitative estimate of drug-likeness (QED) is 0.379. The molecule has 168 valence electrons. The third-order valence-corrected chi connectivity index (χ3v) is 6.57. The number of aliphatic hydroxyl groups excluding tert-OH is 1. The van der Waals surface area contributed by atoms with Gasteiger partial charge in [0.1, 0.15) is 17.7 Å². The summed E-state index contributed by atoms with van der Waals surface area (Å²) in [6, 6.07) is 16.6. The van der Waals surface area contributed by atoms with Crippen LogP contribution >= 0.6 is 0 Å². The van der Waals surface area contributed by atoms with Gasteiger partial charge in [0.15, 0.2) is 0 Å². The molecule has 0 fully saturated rings.